The van der Waals surface area contributed by atoms with Crippen LogP contribution < -0.4 is 0 Å². The largest absolute Gasteiger partial charge is 0.462 e. The van der Waals surface area contributed by atoms with E-state index in [1.807, 2.05) is 0 Å². The zero-order valence-electron chi connectivity index (χ0n) is 16.9. The number of fused-ring (bicyclic) bond motifs is 5. The second-order valence-electron chi connectivity index (χ2n) is 9.30. The molecule has 0 N–H and O–H groups in total. The zero-order valence-corrected chi connectivity index (χ0v) is 16.9. The van der Waals surface area contributed by atoms with Gasteiger partial charge in [-0.25, -0.2) is 0 Å². The first kappa shape index (κ1) is 19.0. The molecule has 0 aromatic heterocycles. The second-order valence-corrected chi connectivity index (χ2v) is 9.30. The average molecular weight is 371 g/mol. The molecule has 0 spiro atoms. The van der Waals surface area contributed by atoms with Gasteiger partial charge >= 0.3 is 5.97 Å². The van der Waals surface area contributed by atoms with Gasteiger partial charge in [-0.1, -0.05) is 44.9 Å². The highest BCUT2D eigenvalue weighted by atomic mass is 16.5. The van der Waals surface area contributed by atoms with Gasteiger partial charge in [0.1, 0.15) is 6.10 Å². The summed E-state index contributed by atoms with van der Waals surface area (Å²) in [6.45, 7) is 4.18. The summed E-state index contributed by atoms with van der Waals surface area (Å²) >= 11 is 0. The van der Waals surface area contributed by atoms with Crippen LogP contribution in [0.25, 0.3) is 0 Å². The maximum Gasteiger partial charge on any atom is 0.306 e. The summed E-state index contributed by atoms with van der Waals surface area (Å²) in [5.74, 6) is 2.36. The molecule has 0 radical (unpaired) electrons. The molecule has 3 nitrogen and oxygen atoms in total. The van der Waals surface area contributed by atoms with Crippen molar-refractivity contribution in [3.05, 3.63) is 23.8 Å². The van der Waals surface area contributed by atoms with Gasteiger partial charge in [0.2, 0.25) is 0 Å². The number of hydrogen-bond acceptors (Lipinski definition) is 3. The van der Waals surface area contributed by atoms with Crippen molar-refractivity contribution in [3.63, 3.8) is 0 Å². The minimum atomic E-state index is -0.110. The topological polar surface area (TPSA) is 43.4 Å². The molecule has 1 aliphatic heterocycles. The summed E-state index contributed by atoms with van der Waals surface area (Å²) in [7, 11) is 0. The summed E-state index contributed by atoms with van der Waals surface area (Å²) in [6.07, 6.45) is 16.1. The molecule has 0 amide bonds. The van der Waals surface area contributed by atoms with E-state index in [1.54, 1.807) is 0 Å². The van der Waals surface area contributed by atoms with Crippen LogP contribution in [-0.4, -0.2) is 17.9 Å². The third-order valence-corrected chi connectivity index (χ3v) is 7.67. The molecule has 3 heteroatoms. The molecule has 1 saturated carbocycles. The van der Waals surface area contributed by atoms with Crippen molar-refractivity contribution in [2.45, 2.75) is 77.7 Å². The van der Waals surface area contributed by atoms with E-state index in [1.165, 1.54) is 19.3 Å². The number of hydrogen-bond donors (Lipinski definition) is 0. The van der Waals surface area contributed by atoms with Crippen molar-refractivity contribution in [3.8, 4) is 0 Å². The number of allylic oxidation sites excluding steroid dienone is 4. The number of ketones is 1. The quantitative estimate of drug-likeness (QED) is 0.467. The summed E-state index contributed by atoms with van der Waals surface area (Å²) in [6, 6.07) is 0. The maximum atomic E-state index is 13.3. The Labute approximate surface area is 163 Å². The van der Waals surface area contributed by atoms with E-state index < -0.39 is 0 Å². The number of ether oxygens (including phenoxy) is 1. The van der Waals surface area contributed by atoms with E-state index in [2.05, 4.69) is 32.1 Å². The van der Waals surface area contributed by atoms with Gasteiger partial charge in [-0.3, -0.25) is 9.59 Å². The van der Waals surface area contributed by atoms with Crippen LogP contribution >= 0.6 is 0 Å². The van der Waals surface area contributed by atoms with Crippen molar-refractivity contribution >= 4 is 11.8 Å². The van der Waals surface area contributed by atoms with Crippen molar-refractivity contribution < 1.29 is 14.3 Å². The van der Waals surface area contributed by atoms with Crippen LogP contribution in [0.3, 0.4) is 0 Å². The zero-order chi connectivity index (χ0) is 19.0. The molecule has 7 atom stereocenters. The number of rotatable bonds is 1. The molecule has 3 aliphatic carbocycles. The lowest BCUT2D eigenvalue weighted by Crippen LogP contribution is -2.31. The normalized spacial score (nSPS) is 42.3. The molecule has 0 aromatic rings. The van der Waals surface area contributed by atoms with Gasteiger partial charge in [-0.15, -0.1) is 0 Å². The lowest BCUT2D eigenvalue weighted by molar-refractivity contribution is -0.150. The van der Waals surface area contributed by atoms with Crippen molar-refractivity contribution in [1.82, 2.24) is 0 Å². The molecule has 1 heterocycles. The van der Waals surface area contributed by atoms with Crippen molar-refractivity contribution in [2.24, 2.45) is 35.5 Å². The van der Waals surface area contributed by atoms with Crippen LogP contribution in [0.4, 0.5) is 0 Å². The fourth-order valence-corrected chi connectivity index (χ4v) is 6.10. The molecule has 27 heavy (non-hydrogen) atoms. The summed E-state index contributed by atoms with van der Waals surface area (Å²) < 4.78 is 5.81. The minimum absolute atomic E-state index is 0.0205. The number of Topliss-reactive ketones (excluding diaryl/α,β-unsaturated/α-hetero) is 1. The molecule has 0 bridgehead atoms. The van der Waals surface area contributed by atoms with Gasteiger partial charge in [0.25, 0.3) is 0 Å². The molecule has 1 saturated heterocycles. The van der Waals surface area contributed by atoms with E-state index in [-0.39, 0.29) is 29.7 Å². The van der Waals surface area contributed by atoms with Crippen LogP contribution in [0.2, 0.25) is 0 Å². The Hall–Kier alpha value is -1.38. The molecule has 4 aliphatic rings. The van der Waals surface area contributed by atoms with Crippen molar-refractivity contribution in [2.75, 3.05) is 0 Å². The van der Waals surface area contributed by atoms with E-state index in [9.17, 15) is 9.59 Å². The Morgan fingerprint density at radius 1 is 1.00 bits per heavy atom. The summed E-state index contributed by atoms with van der Waals surface area (Å²) in [4.78, 5) is 26.0. The van der Waals surface area contributed by atoms with Crippen LogP contribution in [0.1, 0.15) is 71.6 Å². The third-order valence-electron chi connectivity index (χ3n) is 7.67. The molecular formula is C24H34O3. The first-order chi connectivity index (χ1) is 13.1. The highest BCUT2D eigenvalue weighted by Crippen LogP contribution is 2.53. The average Bonchev–Trinajstić information content (AvgIpc) is 3.27. The second kappa shape index (κ2) is 7.93. The van der Waals surface area contributed by atoms with E-state index in [0.29, 0.717) is 30.1 Å². The standard InChI is InChI=1S/C24H34O3/c1-3-17-9-5-4-7-15(2)24(26)22-13-20-18-10-6-8-16(18)11-12-19(20)21(22)14-23(25)27-17/h11-13,15-21H,3-10,14H2,1-2H3/t15?,16?,17?,18?,19-,20?,21?/m1/s1. The fourth-order valence-electron chi connectivity index (χ4n) is 6.10. The van der Waals surface area contributed by atoms with Gasteiger partial charge in [0.05, 0.1) is 6.42 Å². The lowest BCUT2D eigenvalue weighted by Gasteiger charge is -2.34. The van der Waals surface area contributed by atoms with E-state index in [4.69, 9.17) is 4.74 Å². The van der Waals surface area contributed by atoms with Crippen molar-refractivity contribution in [1.29, 1.82) is 0 Å². The Morgan fingerprint density at radius 2 is 1.81 bits per heavy atom. The highest BCUT2D eigenvalue weighted by molar-refractivity contribution is 5.98. The SMILES string of the molecule is CCC1CCCCC(C)C(=O)C2=CC3C4CCCC4C=C[C@H]3C2CC(=O)O1. The first-order valence-corrected chi connectivity index (χ1v) is 11.2. The Morgan fingerprint density at radius 3 is 2.63 bits per heavy atom. The van der Waals surface area contributed by atoms with E-state index >= 15 is 0 Å². The van der Waals surface area contributed by atoms with Gasteiger partial charge in [-0.2, -0.15) is 0 Å². The fraction of sp³-hybridized carbons (Fsp3) is 0.750. The predicted octanol–water partition coefficient (Wildman–Crippen LogP) is 5.25. The predicted molar refractivity (Wildman–Crippen MR) is 106 cm³/mol. The molecular weight excluding hydrogens is 336 g/mol. The first-order valence-electron chi connectivity index (χ1n) is 11.2. The number of esters is 1. The molecule has 2 fully saturated rings. The Balaban J connectivity index is 1.63. The summed E-state index contributed by atoms with van der Waals surface area (Å²) in [5.41, 5.74) is 0.945. The third kappa shape index (κ3) is 3.67. The molecule has 6 unspecified atom stereocenters. The highest BCUT2D eigenvalue weighted by Gasteiger charge is 2.47. The smallest absolute Gasteiger partial charge is 0.306 e. The van der Waals surface area contributed by atoms with Crippen LogP contribution in [0.15, 0.2) is 23.8 Å². The Bertz CT molecular complexity index is 646. The number of carbonyl (C=O) groups excluding carboxylic acids is 2. The number of carbonyl (C=O) groups is 2. The minimum Gasteiger partial charge on any atom is -0.462 e. The molecule has 148 valence electrons. The monoisotopic (exact) mass is 370 g/mol. The van der Waals surface area contributed by atoms with Gasteiger partial charge in [0, 0.05) is 11.8 Å². The molecule has 4 rings (SSSR count). The van der Waals surface area contributed by atoms with Crippen LogP contribution in [-0.2, 0) is 14.3 Å². The Kier molecular flexibility index (Phi) is 5.57. The maximum absolute atomic E-state index is 13.3. The van der Waals surface area contributed by atoms with Crippen LogP contribution in [0.5, 0.6) is 0 Å². The van der Waals surface area contributed by atoms with Gasteiger partial charge in [0.15, 0.2) is 5.78 Å². The number of cyclic esters (lactones) is 1. The van der Waals surface area contributed by atoms with Gasteiger partial charge < -0.3 is 4.74 Å². The van der Waals surface area contributed by atoms with E-state index in [0.717, 1.165) is 37.7 Å². The van der Waals surface area contributed by atoms with Gasteiger partial charge in [-0.05, 0) is 67.8 Å². The lowest BCUT2D eigenvalue weighted by atomic mass is 9.70. The summed E-state index contributed by atoms with van der Waals surface area (Å²) in [5, 5.41) is 0. The molecule has 0 aromatic carbocycles. The van der Waals surface area contributed by atoms with Crippen LogP contribution in [0, 0.1) is 35.5 Å².